The molecule has 9 heteroatoms. The van der Waals surface area contributed by atoms with E-state index in [-0.39, 0.29) is 29.5 Å². The lowest BCUT2D eigenvalue weighted by molar-refractivity contribution is -0.385. The number of methoxy groups -OCH3 is 1. The molecule has 0 aromatic heterocycles. The molecule has 0 amide bonds. The van der Waals surface area contributed by atoms with Crippen LogP contribution in [-0.2, 0) is 10.0 Å². The monoisotopic (exact) mass is 318 g/mol. The van der Waals surface area contributed by atoms with E-state index in [9.17, 15) is 18.5 Å². The Hall–Kier alpha value is -1.71. The summed E-state index contributed by atoms with van der Waals surface area (Å²) >= 11 is 0. The van der Waals surface area contributed by atoms with Crippen LogP contribution in [-0.4, -0.2) is 38.7 Å². The Balaban J connectivity index is 3.11. The van der Waals surface area contributed by atoms with Gasteiger partial charge in [-0.25, -0.2) is 13.1 Å². The molecule has 0 bridgehead atoms. The first-order valence-electron chi connectivity index (χ1n) is 6.06. The van der Waals surface area contributed by atoms with Gasteiger partial charge >= 0.3 is 0 Å². The van der Waals surface area contributed by atoms with Gasteiger partial charge in [0.2, 0.25) is 10.0 Å². The molecular formula is C12H18N2O6S. The van der Waals surface area contributed by atoms with Gasteiger partial charge in [-0.3, -0.25) is 10.1 Å². The van der Waals surface area contributed by atoms with Crippen molar-refractivity contribution < 1.29 is 23.2 Å². The van der Waals surface area contributed by atoms with Gasteiger partial charge in [-0.05, 0) is 6.07 Å². The molecule has 118 valence electrons. The van der Waals surface area contributed by atoms with E-state index in [0.717, 1.165) is 18.2 Å². The highest BCUT2D eigenvalue weighted by Crippen LogP contribution is 2.28. The van der Waals surface area contributed by atoms with Crippen LogP contribution in [0.5, 0.6) is 5.75 Å². The number of ether oxygens (including phenoxy) is 1. The second-order valence-corrected chi connectivity index (χ2v) is 6.97. The van der Waals surface area contributed by atoms with Gasteiger partial charge in [-0.2, -0.15) is 0 Å². The number of non-ortho nitro benzene ring substituents is 1. The lowest BCUT2D eigenvalue weighted by Crippen LogP contribution is -2.36. The topological polar surface area (TPSA) is 119 Å². The molecule has 0 aliphatic heterocycles. The van der Waals surface area contributed by atoms with Gasteiger partial charge in [0.05, 0.1) is 18.1 Å². The Morgan fingerprint density at radius 3 is 2.52 bits per heavy atom. The zero-order chi connectivity index (χ0) is 16.3. The van der Waals surface area contributed by atoms with Crippen LogP contribution in [0, 0.1) is 15.5 Å². The highest BCUT2D eigenvalue weighted by atomic mass is 32.2. The Labute approximate surface area is 122 Å². The number of benzene rings is 1. The van der Waals surface area contributed by atoms with E-state index in [1.54, 1.807) is 13.8 Å². The maximum Gasteiger partial charge on any atom is 0.273 e. The molecule has 0 saturated heterocycles. The lowest BCUT2D eigenvalue weighted by atomic mass is 9.96. The van der Waals surface area contributed by atoms with E-state index in [2.05, 4.69) is 4.72 Å². The number of aliphatic hydroxyl groups is 1. The molecule has 0 aliphatic carbocycles. The average Bonchev–Trinajstić information content (AvgIpc) is 2.44. The molecule has 0 atom stereocenters. The van der Waals surface area contributed by atoms with Crippen molar-refractivity contribution in [2.24, 2.45) is 5.41 Å². The zero-order valence-corrected chi connectivity index (χ0v) is 12.8. The number of rotatable bonds is 7. The maximum absolute atomic E-state index is 12.2. The van der Waals surface area contributed by atoms with Gasteiger partial charge in [0.25, 0.3) is 5.69 Å². The van der Waals surface area contributed by atoms with E-state index < -0.39 is 20.4 Å². The Morgan fingerprint density at radius 1 is 1.43 bits per heavy atom. The van der Waals surface area contributed by atoms with Crippen LogP contribution in [0.2, 0.25) is 0 Å². The van der Waals surface area contributed by atoms with Crippen molar-refractivity contribution in [1.29, 1.82) is 0 Å². The van der Waals surface area contributed by atoms with Crippen LogP contribution in [0.3, 0.4) is 0 Å². The van der Waals surface area contributed by atoms with E-state index in [1.807, 2.05) is 0 Å². The minimum atomic E-state index is -3.90. The summed E-state index contributed by atoms with van der Waals surface area (Å²) in [5.74, 6) is -0.112. The van der Waals surface area contributed by atoms with Crippen molar-refractivity contribution in [3.63, 3.8) is 0 Å². The number of nitro groups is 1. The van der Waals surface area contributed by atoms with E-state index in [1.165, 1.54) is 7.11 Å². The van der Waals surface area contributed by atoms with Crippen molar-refractivity contribution in [3.05, 3.63) is 28.3 Å². The number of hydrogen-bond donors (Lipinski definition) is 2. The molecule has 1 rings (SSSR count). The molecule has 8 nitrogen and oxygen atoms in total. The molecule has 1 aromatic carbocycles. The molecular weight excluding hydrogens is 300 g/mol. The lowest BCUT2D eigenvalue weighted by Gasteiger charge is -2.22. The summed E-state index contributed by atoms with van der Waals surface area (Å²) in [5.41, 5.74) is -0.886. The highest BCUT2D eigenvalue weighted by molar-refractivity contribution is 7.89. The van der Waals surface area contributed by atoms with E-state index in [0.29, 0.717) is 0 Å². The number of aliphatic hydroxyl groups excluding tert-OH is 1. The first kappa shape index (κ1) is 17.3. The van der Waals surface area contributed by atoms with Gasteiger partial charge < -0.3 is 9.84 Å². The third-order valence-corrected chi connectivity index (χ3v) is 4.26. The van der Waals surface area contributed by atoms with Crippen molar-refractivity contribution >= 4 is 15.7 Å². The number of hydrogen-bond acceptors (Lipinski definition) is 6. The summed E-state index contributed by atoms with van der Waals surface area (Å²) in [6, 6.07) is 3.26. The van der Waals surface area contributed by atoms with Gasteiger partial charge in [0, 0.05) is 24.6 Å². The normalized spacial score (nSPS) is 12.2. The first-order chi connectivity index (χ1) is 9.63. The second kappa shape index (κ2) is 6.37. The van der Waals surface area contributed by atoms with Crippen LogP contribution in [0.4, 0.5) is 5.69 Å². The minimum Gasteiger partial charge on any atom is -0.495 e. The van der Waals surface area contributed by atoms with Crippen molar-refractivity contribution in [2.45, 2.75) is 18.7 Å². The highest BCUT2D eigenvalue weighted by Gasteiger charge is 2.25. The minimum absolute atomic E-state index is 0.0198. The molecule has 1 aromatic rings. The smallest absolute Gasteiger partial charge is 0.273 e. The quantitative estimate of drug-likeness (QED) is 0.569. The maximum atomic E-state index is 12.2. The fourth-order valence-electron chi connectivity index (χ4n) is 1.42. The average molecular weight is 318 g/mol. The largest absolute Gasteiger partial charge is 0.495 e. The molecule has 0 fully saturated rings. The van der Waals surface area contributed by atoms with Crippen LogP contribution in [0.1, 0.15) is 13.8 Å². The predicted molar refractivity (Wildman–Crippen MR) is 75.7 cm³/mol. The molecule has 21 heavy (non-hydrogen) atoms. The van der Waals surface area contributed by atoms with Gasteiger partial charge in [0.15, 0.2) is 0 Å². The molecule has 0 saturated carbocycles. The molecule has 0 aliphatic rings. The van der Waals surface area contributed by atoms with Crippen LogP contribution in [0.15, 0.2) is 23.1 Å². The van der Waals surface area contributed by atoms with Crippen molar-refractivity contribution in [2.75, 3.05) is 20.3 Å². The zero-order valence-electron chi connectivity index (χ0n) is 12.0. The Bertz CT molecular complexity index is 627. The van der Waals surface area contributed by atoms with Crippen molar-refractivity contribution in [3.8, 4) is 5.75 Å². The molecule has 0 spiro atoms. The summed E-state index contributed by atoms with van der Waals surface area (Å²) < 4.78 is 31.7. The number of sulfonamides is 1. The molecule has 0 unspecified atom stereocenters. The summed E-state index contributed by atoms with van der Waals surface area (Å²) in [7, 11) is -2.67. The number of nitrogens with zero attached hydrogens (tertiary/aromatic N) is 1. The third kappa shape index (κ3) is 4.38. The summed E-state index contributed by atoms with van der Waals surface area (Å²) in [5, 5.41) is 19.8. The molecule has 0 radical (unpaired) electrons. The van der Waals surface area contributed by atoms with Crippen molar-refractivity contribution in [1.82, 2.24) is 4.72 Å². The number of nitro benzene ring substituents is 1. The SMILES string of the molecule is COc1cc([N+](=O)[O-])ccc1S(=O)(=O)NCC(C)(C)CO. The van der Waals surface area contributed by atoms with E-state index >= 15 is 0 Å². The third-order valence-electron chi connectivity index (χ3n) is 2.82. The summed E-state index contributed by atoms with van der Waals surface area (Å²) in [4.78, 5) is 9.86. The Morgan fingerprint density at radius 2 is 2.05 bits per heavy atom. The van der Waals surface area contributed by atoms with E-state index in [4.69, 9.17) is 9.84 Å². The Kier molecular flexibility index (Phi) is 5.26. The van der Waals surface area contributed by atoms with Gasteiger partial charge in [0.1, 0.15) is 10.6 Å². The first-order valence-corrected chi connectivity index (χ1v) is 7.54. The predicted octanol–water partition coefficient (Wildman–Crippen LogP) is 0.900. The fourth-order valence-corrected chi connectivity index (χ4v) is 2.81. The number of nitrogens with one attached hydrogen (secondary N) is 1. The standard InChI is InChI=1S/C12H18N2O6S/c1-12(2,8-15)7-13-21(18,19)11-5-4-9(14(16)17)6-10(11)20-3/h4-6,13,15H,7-8H2,1-3H3. The fraction of sp³-hybridized carbons (Fsp3) is 0.500. The molecule has 2 N–H and O–H groups in total. The molecule has 0 heterocycles. The van der Waals surface area contributed by atoms with Gasteiger partial charge in [-0.15, -0.1) is 0 Å². The second-order valence-electron chi connectivity index (χ2n) is 5.24. The van der Waals surface area contributed by atoms with Crippen LogP contribution in [0.25, 0.3) is 0 Å². The van der Waals surface area contributed by atoms with Gasteiger partial charge in [-0.1, -0.05) is 13.8 Å². The summed E-state index contributed by atoms with van der Waals surface area (Å²) in [6.07, 6.45) is 0. The van der Waals surface area contributed by atoms with Crippen LogP contribution >= 0.6 is 0 Å². The summed E-state index contributed by atoms with van der Waals surface area (Å²) in [6.45, 7) is 3.23. The van der Waals surface area contributed by atoms with Crippen LogP contribution < -0.4 is 9.46 Å².